The summed E-state index contributed by atoms with van der Waals surface area (Å²) in [5.41, 5.74) is 7.95. The number of amides is 1. The van der Waals surface area contributed by atoms with Crippen molar-refractivity contribution in [2.24, 2.45) is 5.92 Å². The van der Waals surface area contributed by atoms with E-state index in [1.165, 1.54) is 6.33 Å². The first-order chi connectivity index (χ1) is 17.6. The van der Waals surface area contributed by atoms with Crippen molar-refractivity contribution < 1.29 is 18.7 Å². The van der Waals surface area contributed by atoms with Crippen LogP contribution in [0.15, 0.2) is 30.7 Å². The van der Waals surface area contributed by atoms with Gasteiger partial charge in [0, 0.05) is 60.5 Å². The highest BCUT2D eigenvalue weighted by Gasteiger charge is 2.39. The number of anilines is 1. The van der Waals surface area contributed by atoms with Crippen molar-refractivity contribution in [2.75, 3.05) is 43.5 Å². The smallest absolute Gasteiger partial charge is 0.225 e. The third-order valence-corrected chi connectivity index (χ3v) is 8.46. The van der Waals surface area contributed by atoms with Gasteiger partial charge in [0.15, 0.2) is 11.6 Å². The van der Waals surface area contributed by atoms with Crippen LogP contribution in [0.2, 0.25) is 0 Å². The van der Waals surface area contributed by atoms with Crippen LogP contribution in [0.4, 0.5) is 10.2 Å². The summed E-state index contributed by atoms with van der Waals surface area (Å²) in [6, 6.07) is 5.24. The average molecular weight is 512 g/mol. The molecule has 3 aliphatic rings. The Morgan fingerprint density at radius 3 is 2.83 bits per heavy atom. The molecule has 190 valence electrons. The highest BCUT2D eigenvalue weighted by molar-refractivity contribution is 7.99. The van der Waals surface area contributed by atoms with Gasteiger partial charge in [-0.2, -0.15) is 11.8 Å². The molecule has 36 heavy (non-hydrogen) atoms. The van der Waals surface area contributed by atoms with Crippen molar-refractivity contribution in [2.45, 2.75) is 37.8 Å². The van der Waals surface area contributed by atoms with Gasteiger partial charge in [-0.15, -0.1) is 0 Å². The highest BCUT2D eigenvalue weighted by atomic mass is 32.2. The molecule has 1 amide bonds. The standard InChI is InChI=1S/C26H30FN5O3S/c27-23-19(4-1-5-21(23)35-14-18-3-2-8-34-18)20-13-32(25-22(20)24(28)29-15-30-25)17-11-16(12-17)26(33)31-6-9-36-10-7-31/h1,4-5,13,15-18H,2-3,6-12,14H2,(H2,28,29,30)/t16?,17?,18-/m0/s1. The molecule has 1 aliphatic carbocycles. The summed E-state index contributed by atoms with van der Waals surface area (Å²) < 4.78 is 29.1. The number of nitrogens with zero attached hydrogens (tertiary/aromatic N) is 4. The van der Waals surface area contributed by atoms with Crippen molar-refractivity contribution in [3.8, 4) is 16.9 Å². The monoisotopic (exact) mass is 511 g/mol. The summed E-state index contributed by atoms with van der Waals surface area (Å²) >= 11 is 1.90. The van der Waals surface area contributed by atoms with Gasteiger partial charge in [0.2, 0.25) is 5.91 Å². The minimum Gasteiger partial charge on any atom is -0.488 e. The zero-order valence-electron chi connectivity index (χ0n) is 20.1. The second-order valence-electron chi connectivity index (χ2n) is 9.73. The third kappa shape index (κ3) is 4.30. The lowest BCUT2D eigenvalue weighted by atomic mass is 9.79. The van der Waals surface area contributed by atoms with Gasteiger partial charge in [0.1, 0.15) is 24.4 Å². The maximum absolute atomic E-state index is 15.7. The number of fused-ring (bicyclic) bond motifs is 1. The Balaban J connectivity index is 1.27. The van der Waals surface area contributed by atoms with Crippen molar-refractivity contribution in [1.82, 2.24) is 19.4 Å². The van der Waals surface area contributed by atoms with Gasteiger partial charge >= 0.3 is 0 Å². The topological polar surface area (TPSA) is 95.5 Å². The summed E-state index contributed by atoms with van der Waals surface area (Å²) in [5.74, 6) is 2.33. The lowest BCUT2D eigenvalue weighted by Gasteiger charge is -2.39. The Hall–Kier alpha value is -2.85. The van der Waals surface area contributed by atoms with E-state index in [9.17, 15) is 4.79 Å². The number of hydrogen-bond donors (Lipinski definition) is 1. The largest absolute Gasteiger partial charge is 0.488 e. The van der Waals surface area contributed by atoms with E-state index in [1.807, 2.05) is 27.4 Å². The number of carbonyl (C=O) groups excluding carboxylic acids is 1. The van der Waals surface area contributed by atoms with Crippen molar-refractivity contribution in [3.63, 3.8) is 0 Å². The van der Waals surface area contributed by atoms with Gasteiger partial charge in [-0.3, -0.25) is 4.79 Å². The maximum Gasteiger partial charge on any atom is 0.225 e. The van der Waals surface area contributed by atoms with Crippen LogP contribution in [0.25, 0.3) is 22.2 Å². The summed E-state index contributed by atoms with van der Waals surface area (Å²) in [5, 5.41) is 0.621. The molecular formula is C26H30FN5O3S. The molecule has 0 spiro atoms. The van der Waals surface area contributed by atoms with Crippen LogP contribution in [0.1, 0.15) is 31.7 Å². The predicted octanol–water partition coefficient (Wildman–Crippen LogP) is 3.90. The van der Waals surface area contributed by atoms with E-state index in [1.54, 1.807) is 18.2 Å². The third-order valence-electron chi connectivity index (χ3n) is 7.52. The first kappa shape index (κ1) is 23.5. The van der Waals surface area contributed by atoms with Crippen LogP contribution in [-0.4, -0.2) is 69.3 Å². The van der Waals surface area contributed by atoms with Gasteiger partial charge in [0.05, 0.1) is 11.5 Å². The first-order valence-electron chi connectivity index (χ1n) is 12.6. The number of ether oxygens (including phenoxy) is 2. The lowest BCUT2D eigenvalue weighted by Crippen LogP contribution is -2.45. The highest BCUT2D eigenvalue weighted by Crippen LogP contribution is 2.44. The number of nitrogens with two attached hydrogens (primary N) is 1. The zero-order valence-corrected chi connectivity index (χ0v) is 20.9. The van der Waals surface area contributed by atoms with E-state index in [-0.39, 0.29) is 29.7 Å². The van der Waals surface area contributed by atoms with Gasteiger partial charge in [-0.1, -0.05) is 12.1 Å². The predicted molar refractivity (Wildman–Crippen MR) is 137 cm³/mol. The van der Waals surface area contributed by atoms with Crippen LogP contribution in [0.3, 0.4) is 0 Å². The van der Waals surface area contributed by atoms with Crippen molar-refractivity contribution in [1.29, 1.82) is 0 Å². The summed E-state index contributed by atoms with van der Waals surface area (Å²) in [6.07, 6.45) is 6.73. The Morgan fingerprint density at radius 2 is 2.06 bits per heavy atom. The molecule has 2 N–H and O–H groups in total. The van der Waals surface area contributed by atoms with E-state index in [0.717, 1.165) is 56.9 Å². The molecule has 2 aliphatic heterocycles. The molecule has 10 heteroatoms. The average Bonchev–Trinajstić information content (AvgIpc) is 3.52. The normalized spacial score (nSPS) is 24.1. The van der Waals surface area contributed by atoms with E-state index in [4.69, 9.17) is 15.2 Å². The van der Waals surface area contributed by atoms with Crippen molar-refractivity contribution in [3.05, 3.63) is 36.5 Å². The molecule has 3 fully saturated rings. The van der Waals surface area contributed by atoms with E-state index in [2.05, 4.69) is 9.97 Å². The van der Waals surface area contributed by atoms with Gasteiger partial charge in [0.25, 0.3) is 0 Å². The number of thioether (sulfide) groups is 1. The van der Waals surface area contributed by atoms with Crippen LogP contribution in [0.5, 0.6) is 5.75 Å². The molecular weight excluding hydrogens is 481 g/mol. The molecule has 2 saturated heterocycles. The van der Waals surface area contributed by atoms with E-state index >= 15 is 4.39 Å². The molecule has 3 aromatic rings. The molecule has 1 saturated carbocycles. The Morgan fingerprint density at radius 1 is 1.22 bits per heavy atom. The van der Waals surface area contributed by atoms with Gasteiger partial charge in [-0.25, -0.2) is 14.4 Å². The number of carbonyl (C=O) groups is 1. The molecule has 0 unspecified atom stereocenters. The minimum absolute atomic E-state index is 0.00280. The number of nitrogen functional groups attached to an aromatic ring is 1. The van der Waals surface area contributed by atoms with E-state index < -0.39 is 5.82 Å². The maximum atomic E-state index is 15.7. The minimum atomic E-state index is -0.442. The Kier molecular flexibility index (Phi) is 6.47. The zero-order chi connectivity index (χ0) is 24.6. The molecule has 4 heterocycles. The number of aromatic nitrogens is 3. The second-order valence-corrected chi connectivity index (χ2v) is 11.0. The fraction of sp³-hybridized carbons (Fsp3) is 0.500. The number of halogens is 1. The number of benzene rings is 1. The van der Waals surface area contributed by atoms with Gasteiger partial charge < -0.3 is 24.7 Å². The fourth-order valence-electron chi connectivity index (χ4n) is 5.44. The number of hydrogen-bond acceptors (Lipinski definition) is 7. The van der Waals surface area contributed by atoms with E-state index in [0.29, 0.717) is 34.6 Å². The Bertz CT molecular complexity index is 1270. The SMILES string of the molecule is Nc1ncnc2c1c(-c1cccc(OC[C@@H]3CCCO3)c1F)cn2C1CC(C(=O)N2CCSCC2)C1. The summed E-state index contributed by atoms with van der Waals surface area (Å²) in [7, 11) is 0. The first-order valence-corrected chi connectivity index (χ1v) is 13.8. The summed E-state index contributed by atoms with van der Waals surface area (Å²) in [4.78, 5) is 23.6. The van der Waals surface area contributed by atoms with Crippen LogP contribution in [-0.2, 0) is 9.53 Å². The molecule has 6 rings (SSSR count). The fourth-order valence-corrected chi connectivity index (χ4v) is 6.34. The molecule has 2 aromatic heterocycles. The van der Waals surface area contributed by atoms with Gasteiger partial charge in [-0.05, 0) is 31.7 Å². The Labute approximate surface area is 213 Å². The molecule has 0 bridgehead atoms. The van der Waals surface area contributed by atoms with Crippen molar-refractivity contribution >= 4 is 34.5 Å². The number of rotatable bonds is 6. The molecule has 1 aromatic carbocycles. The second kappa shape index (κ2) is 9.89. The van der Waals surface area contributed by atoms with Crippen LogP contribution < -0.4 is 10.5 Å². The lowest BCUT2D eigenvalue weighted by molar-refractivity contribution is -0.139. The molecule has 1 atom stereocenters. The van der Waals surface area contributed by atoms with Crippen LogP contribution >= 0.6 is 11.8 Å². The van der Waals surface area contributed by atoms with Crippen LogP contribution in [0, 0.1) is 11.7 Å². The quantitative estimate of drug-likeness (QED) is 0.536. The molecule has 0 radical (unpaired) electrons. The summed E-state index contributed by atoms with van der Waals surface area (Å²) in [6.45, 7) is 2.70. The molecule has 8 nitrogen and oxygen atoms in total.